The number of rotatable bonds is 1. The highest BCUT2D eigenvalue weighted by Crippen LogP contribution is 2.46. The van der Waals surface area contributed by atoms with E-state index in [1.54, 1.807) is 0 Å². The van der Waals surface area contributed by atoms with Crippen LogP contribution in [0.3, 0.4) is 0 Å². The number of likely N-dealkylation sites (tertiary alicyclic amines) is 1. The van der Waals surface area contributed by atoms with Crippen molar-refractivity contribution < 1.29 is 9.59 Å². The maximum absolute atomic E-state index is 13.4. The Morgan fingerprint density at radius 3 is 2.83 bits per heavy atom. The van der Waals surface area contributed by atoms with Gasteiger partial charge in [-0.1, -0.05) is 12.8 Å². The van der Waals surface area contributed by atoms with Crippen LogP contribution < -0.4 is 10.6 Å². The average molecular weight is 342 g/mol. The molecule has 0 aromatic heterocycles. The largest absolute Gasteiger partial charge is 0.355 e. The second-order valence-electron chi connectivity index (χ2n) is 8.01. The summed E-state index contributed by atoms with van der Waals surface area (Å²) in [7, 11) is 0. The van der Waals surface area contributed by atoms with Gasteiger partial charge in [0.2, 0.25) is 11.8 Å². The van der Waals surface area contributed by atoms with Gasteiger partial charge in [-0.25, -0.2) is 0 Å². The molecule has 3 heterocycles. The third-order valence-corrected chi connectivity index (χ3v) is 6.61. The lowest BCUT2D eigenvalue weighted by Crippen LogP contribution is -2.55. The SMILES string of the molecule is Cl.O=C1CC2(CCCN(C(=O)[C@@]34CCCC[C@H]3CNC4)C2)CN1. The summed E-state index contributed by atoms with van der Waals surface area (Å²) in [5, 5.41) is 6.45. The molecule has 4 aliphatic rings. The number of halogens is 1. The number of fused-ring (bicyclic) bond motifs is 1. The standard InChI is InChI=1S/C17H27N3O2.ClH/c21-14-8-16(10-19-14)5-3-7-20(12-16)15(22)17-6-2-1-4-13(17)9-18-11-17;/h13,18H,1-12H2,(H,19,21);1H/t13-,16?,17+;/m0./s1. The molecule has 0 bridgehead atoms. The van der Waals surface area contributed by atoms with Crippen LogP contribution in [0.1, 0.15) is 44.9 Å². The van der Waals surface area contributed by atoms with Gasteiger partial charge in [0.25, 0.3) is 0 Å². The Morgan fingerprint density at radius 1 is 1.17 bits per heavy atom. The number of amides is 2. The molecule has 3 aliphatic heterocycles. The Hall–Kier alpha value is -0.810. The van der Waals surface area contributed by atoms with Crippen LogP contribution in [0, 0.1) is 16.7 Å². The van der Waals surface area contributed by atoms with Crippen molar-refractivity contribution in [3.8, 4) is 0 Å². The smallest absolute Gasteiger partial charge is 0.230 e. The third kappa shape index (κ3) is 2.76. The second kappa shape index (κ2) is 6.25. The van der Waals surface area contributed by atoms with E-state index in [1.807, 2.05) is 0 Å². The summed E-state index contributed by atoms with van der Waals surface area (Å²) >= 11 is 0. The van der Waals surface area contributed by atoms with Gasteiger partial charge in [-0.2, -0.15) is 0 Å². The molecule has 0 aromatic rings. The molecule has 4 rings (SSSR count). The first-order valence-electron chi connectivity index (χ1n) is 8.91. The first kappa shape index (κ1) is 17.0. The van der Waals surface area contributed by atoms with E-state index in [-0.39, 0.29) is 29.1 Å². The molecule has 23 heavy (non-hydrogen) atoms. The van der Waals surface area contributed by atoms with Crippen LogP contribution in [-0.4, -0.2) is 49.4 Å². The number of carbonyl (C=O) groups is 2. The minimum Gasteiger partial charge on any atom is -0.355 e. The highest BCUT2D eigenvalue weighted by molar-refractivity contribution is 5.85. The van der Waals surface area contributed by atoms with Crippen LogP contribution in [0.15, 0.2) is 0 Å². The molecule has 0 radical (unpaired) electrons. The van der Waals surface area contributed by atoms with Crippen molar-refractivity contribution in [3.05, 3.63) is 0 Å². The van der Waals surface area contributed by atoms with Gasteiger partial charge in [-0.05, 0) is 38.1 Å². The van der Waals surface area contributed by atoms with Crippen LogP contribution in [0.5, 0.6) is 0 Å². The predicted molar refractivity (Wildman–Crippen MR) is 90.4 cm³/mol. The molecular formula is C17H28ClN3O2. The van der Waals surface area contributed by atoms with Crippen molar-refractivity contribution >= 4 is 24.2 Å². The van der Waals surface area contributed by atoms with Gasteiger partial charge in [-0.15, -0.1) is 12.4 Å². The van der Waals surface area contributed by atoms with E-state index in [0.29, 0.717) is 18.2 Å². The highest BCUT2D eigenvalue weighted by Gasteiger charge is 2.53. The quantitative estimate of drug-likeness (QED) is 0.756. The Morgan fingerprint density at radius 2 is 2.04 bits per heavy atom. The van der Waals surface area contributed by atoms with E-state index >= 15 is 0 Å². The van der Waals surface area contributed by atoms with Crippen molar-refractivity contribution in [1.29, 1.82) is 0 Å². The normalized spacial score (nSPS) is 39.7. The number of nitrogens with one attached hydrogen (secondary N) is 2. The summed E-state index contributed by atoms with van der Waals surface area (Å²) < 4.78 is 0. The van der Waals surface area contributed by atoms with Crippen molar-refractivity contribution in [2.75, 3.05) is 32.7 Å². The van der Waals surface area contributed by atoms with Crippen molar-refractivity contribution in [2.45, 2.75) is 44.9 Å². The van der Waals surface area contributed by atoms with Crippen LogP contribution >= 0.6 is 12.4 Å². The van der Waals surface area contributed by atoms with E-state index in [4.69, 9.17) is 0 Å². The summed E-state index contributed by atoms with van der Waals surface area (Å²) in [6.07, 6.45) is 7.40. The summed E-state index contributed by atoms with van der Waals surface area (Å²) in [5.41, 5.74) is -0.134. The minimum absolute atomic E-state index is 0. The van der Waals surface area contributed by atoms with Gasteiger partial charge < -0.3 is 15.5 Å². The average Bonchev–Trinajstić information content (AvgIpc) is 3.11. The molecular weight excluding hydrogens is 314 g/mol. The third-order valence-electron chi connectivity index (χ3n) is 6.61. The van der Waals surface area contributed by atoms with E-state index in [1.165, 1.54) is 19.3 Å². The van der Waals surface area contributed by atoms with E-state index < -0.39 is 0 Å². The topological polar surface area (TPSA) is 61.4 Å². The second-order valence-corrected chi connectivity index (χ2v) is 8.01. The van der Waals surface area contributed by atoms with Gasteiger partial charge in [0.15, 0.2) is 0 Å². The van der Waals surface area contributed by atoms with E-state index in [9.17, 15) is 9.59 Å². The molecule has 4 fully saturated rings. The molecule has 2 N–H and O–H groups in total. The molecule has 5 nitrogen and oxygen atoms in total. The summed E-state index contributed by atoms with van der Waals surface area (Å²) in [6, 6.07) is 0. The Bertz CT molecular complexity index is 500. The van der Waals surface area contributed by atoms with E-state index in [0.717, 1.165) is 52.0 Å². The molecule has 3 atom stereocenters. The van der Waals surface area contributed by atoms with Gasteiger partial charge in [0.1, 0.15) is 0 Å². The number of hydrogen-bond donors (Lipinski definition) is 2. The van der Waals surface area contributed by atoms with Crippen LogP contribution in [0.2, 0.25) is 0 Å². The maximum Gasteiger partial charge on any atom is 0.230 e. The van der Waals surface area contributed by atoms with E-state index in [2.05, 4.69) is 15.5 Å². The fourth-order valence-corrected chi connectivity index (χ4v) is 5.40. The lowest BCUT2D eigenvalue weighted by atomic mass is 9.67. The lowest BCUT2D eigenvalue weighted by molar-refractivity contribution is -0.149. The molecule has 1 aliphatic carbocycles. The number of piperidine rings is 1. The molecule has 6 heteroatoms. The maximum atomic E-state index is 13.4. The zero-order valence-corrected chi connectivity index (χ0v) is 14.6. The van der Waals surface area contributed by atoms with Crippen LogP contribution in [-0.2, 0) is 9.59 Å². The molecule has 0 aromatic carbocycles. The molecule has 2 amide bonds. The first-order chi connectivity index (χ1) is 10.6. The Kier molecular flexibility index (Phi) is 4.62. The Balaban J connectivity index is 0.00000156. The van der Waals surface area contributed by atoms with Crippen molar-refractivity contribution in [1.82, 2.24) is 15.5 Å². The molecule has 3 saturated heterocycles. The zero-order chi connectivity index (χ0) is 15.2. The van der Waals surface area contributed by atoms with Crippen LogP contribution in [0.4, 0.5) is 0 Å². The number of nitrogens with zero attached hydrogens (tertiary/aromatic N) is 1. The van der Waals surface area contributed by atoms with Gasteiger partial charge in [0, 0.05) is 38.0 Å². The number of carbonyl (C=O) groups excluding carboxylic acids is 2. The minimum atomic E-state index is -0.146. The zero-order valence-electron chi connectivity index (χ0n) is 13.7. The van der Waals surface area contributed by atoms with Crippen molar-refractivity contribution in [3.63, 3.8) is 0 Å². The van der Waals surface area contributed by atoms with Gasteiger partial charge in [-0.3, -0.25) is 9.59 Å². The highest BCUT2D eigenvalue weighted by atomic mass is 35.5. The molecule has 130 valence electrons. The summed E-state index contributed by atoms with van der Waals surface area (Å²) in [4.78, 5) is 27.1. The number of hydrogen-bond acceptors (Lipinski definition) is 3. The van der Waals surface area contributed by atoms with Crippen LogP contribution in [0.25, 0.3) is 0 Å². The monoisotopic (exact) mass is 341 g/mol. The molecule has 1 spiro atoms. The lowest BCUT2D eigenvalue weighted by Gasteiger charge is -2.45. The summed E-state index contributed by atoms with van der Waals surface area (Å²) in [5.74, 6) is 1.06. The van der Waals surface area contributed by atoms with Gasteiger partial charge >= 0.3 is 0 Å². The summed E-state index contributed by atoms with van der Waals surface area (Å²) in [6.45, 7) is 4.27. The first-order valence-corrected chi connectivity index (χ1v) is 8.91. The fraction of sp³-hybridized carbons (Fsp3) is 0.882. The molecule has 1 unspecified atom stereocenters. The van der Waals surface area contributed by atoms with Crippen molar-refractivity contribution in [2.24, 2.45) is 16.7 Å². The van der Waals surface area contributed by atoms with Gasteiger partial charge in [0.05, 0.1) is 5.41 Å². The Labute approximate surface area is 144 Å². The fourth-order valence-electron chi connectivity index (χ4n) is 5.40. The predicted octanol–water partition coefficient (Wildman–Crippen LogP) is 1.32. The molecule has 1 saturated carbocycles.